The van der Waals surface area contributed by atoms with Crippen molar-refractivity contribution in [2.45, 2.75) is 55.7 Å². The maximum Gasteiger partial charge on any atom is 0.0285 e. The maximum absolute atomic E-state index is 3.79. The van der Waals surface area contributed by atoms with Crippen LogP contribution in [0.15, 0.2) is 0 Å². The molecule has 1 saturated heterocycles. The van der Waals surface area contributed by atoms with Gasteiger partial charge in [-0.3, -0.25) is 4.90 Å². The second kappa shape index (κ2) is 5.72. The van der Waals surface area contributed by atoms with Gasteiger partial charge in [0.2, 0.25) is 0 Å². The zero-order chi connectivity index (χ0) is 12.4. The summed E-state index contributed by atoms with van der Waals surface area (Å²) in [5.41, 5.74) is 0. The summed E-state index contributed by atoms with van der Waals surface area (Å²) in [6.45, 7) is 5.14. The van der Waals surface area contributed by atoms with E-state index in [-0.39, 0.29) is 0 Å². The molecule has 1 N–H and O–H groups in total. The smallest absolute Gasteiger partial charge is 0.0285 e. The zero-order valence-electron chi connectivity index (χ0n) is 11.8. The lowest BCUT2D eigenvalue weighted by molar-refractivity contribution is 0.145. The average molecular weight is 268 g/mol. The molecule has 3 fully saturated rings. The molecule has 2 nitrogen and oxygen atoms in total. The van der Waals surface area contributed by atoms with Gasteiger partial charge in [0, 0.05) is 37.0 Å². The number of piperazine rings is 1. The quantitative estimate of drug-likeness (QED) is 0.844. The summed E-state index contributed by atoms with van der Waals surface area (Å²) in [6.07, 6.45) is 12.6. The summed E-state index contributed by atoms with van der Waals surface area (Å²) in [4.78, 5) is 2.75. The highest BCUT2D eigenvalue weighted by molar-refractivity contribution is 8.00. The Kier molecular flexibility index (Phi) is 4.21. The largest absolute Gasteiger partial charge is 0.311 e. The molecule has 3 rings (SSSR count). The highest BCUT2D eigenvalue weighted by Gasteiger charge is 2.44. The molecule has 0 bridgehead atoms. The number of rotatable bonds is 4. The molecule has 1 atom stereocenters. The van der Waals surface area contributed by atoms with Crippen molar-refractivity contribution in [3.05, 3.63) is 0 Å². The van der Waals surface area contributed by atoms with Crippen LogP contribution in [0, 0.1) is 5.92 Å². The fourth-order valence-electron chi connectivity index (χ4n) is 3.81. The maximum atomic E-state index is 3.79. The van der Waals surface area contributed by atoms with Crippen LogP contribution >= 0.6 is 11.8 Å². The molecule has 0 spiro atoms. The topological polar surface area (TPSA) is 15.3 Å². The van der Waals surface area contributed by atoms with Gasteiger partial charge < -0.3 is 5.32 Å². The molecule has 0 aromatic heterocycles. The minimum Gasteiger partial charge on any atom is -0.311 e. The van der Waals surface area contributed by atoms with Gasteiger partial charge in [0.05, 0.1) is 0 Å². The Morgan fingerprint density at radius 3 is 2.67 bits per heavy atom. The lowest BCUT2D eigenvalue weighted by Crippen LogP contribution is -2.55. The van der Waals surface area contributed by atoms with Gasteiger partial charge >= 0.3 is 0 Å². The third kappa shape index (κ3) is 3.05. The highest BCUT2D eigenvalue weighted by Crippen LogP contribution is 2.47. The van der Waals surface area contributed by atoms with Crippen LogP contribution in [-0.2, 0) is 0 Å². The van der Waals surface area contributed by atoms with Gasteiger partial charge in [0.1, 0.15) is 0 Å². The fourth-order valence-corrected chi connectivity index (χ4v) is 4.63. The molecule has 18 heavy (non-hydrogen) atoms. The van der Waals surface area contributed by atoms with Crippen molar-refractivity contribution in [1.29, 1.82) is 0 Å². The summed E-state index contributed by atoms with van der Waals surface area (Å²) in [5.74, 6) is 0.964. The third-order valence-corrected chi connectivity index (χ3v) is 6.66. The van der Waals surface area contributed by atoms with Crippen LogP contribution in [0.3, 0.4) is 0 Å². The van der Waals surface area contributed by atoms with Crippen LogP contribution in [0.4, 0.5) is 0 Å². The SMILES string of the molecule is CSC1(CN2CCNC(C3CCCCC3)C2)CC1. The molecule has 2 saturated carbocycles. The monoisotopic (exact) mass is 268 g/mol. The zero-order valence-corrected chi connectivity index (χ0v) is 12.6. The first kappa shape index (κ1) is 13.3. The lowest BCUT2D eigenvalue weighted by atomic mass is 9.83. The molecule has 3 aliphatic rings. The molecular weight excluding hydrogens is 240 g/mol. The summed E-state index contributed by atoms with van der Waals surface area (Å²) in [5, 5.41) is 3.79. The Bertz CT molecular complexity index is 272. The molecule has 0 radical (unpaired) electrons. The van der Waals surface area contributed by atoms with E-state index in [1.54, 1.807) is 0 Å². The molecule has 104 valence electrons. The second-order valence-corrected chi connectivity index (χ2v) is 7.86. The first-order valence-electron chi connectivity index (χ1n) is 7.82. The first-order valence-corrected chi connectivity index (χ1v) is 9.05. The minimum absolute atomic E-state index is 0.647. The molecule has 2 aliphatic carbocycles. The molecule has 0 aromatic carbocycles. The highest BCUT2D eigenvalue weighted by atomic mass is 32.2. The third-order valence-electron chi connectivity index (χ3n) is 5.26. The lowest BCUT2D eigenvalue weighted by Gasteiger charge is -2.40. The van der Waals surface area contributed by atoms with Gasteiger partial charge in [-0.15, -0.1) is 0 Å². The van der Waals surface area contributed by atoms with E-state index in [9.17, 15) is 0 Å². The van der Waals surface area contributed by atoms with E-state index in [0.717, 1.165) is 12.0 Å². The van der Waals surface area contributed by atoms with Gasteiger partial charge in [-0.1, -0.05) is 19.3 Å². The van der Waals surface area contributed by atoms with Crippen molar-refractivity contribution in [1.82, 2.24) is 10.2 Å². The number of hydrogen-bond donors (Lipinski definition) is 1. The summed E-state index contributed by atoms with van der Waals surface area (Å²) < 4.78 is 0.647. The van der Waals surface area contributed by atoms with E-state index < -0.39 is 0 Å². The standard InChI is InChI=1S/C15H28N2S/c1-18-15(7-8-15)12-17-10-9-16-14(11-17)13-5-3-2-4-6-13/h13-14,16H,2-12H2,1H3. The Balaban J connectivity index is 1.51. The second-order valence-electron chi connectivity index (χ2n) is 6.58. The van der Waals surface area contributed by atoms with Crippen LogP contribution < -0.4 is 5.32 Å². The Labute approximate surface area is 116 Å². The van der Waals surface area contributed by atoms with Crippen molar-refractivity contribution in [3.63, 3.8) is 0 Å². The van der Waals surface area contributed by atoms with Crippen LogP contribution in [0.1, 0.15) is 44.9 Å². The molecule has 1 unspecified atom stereocenters. The Hall–Kier alpha value is 0.270. The molecule has 0 aromatic rings. The average Bonchev–Trinajstić information content (AvgIpc) is 3.20. The van der Waals surface area contributed by atoms with Crippen LogP contribution in [0.25, 0.3) is 0 Å². The molecule has 3 heteroatoms. The van der Waals surface area contributed by atoms with Crippen molar-refractivity contribution < 1.29 is 0 Å². The number of thioether (sulfide) groups is 1. The summed E-state index contributed by atoms with van der Waals surface area (Å²) in [6, 6.07) is 0.789. The number of nitrogens with one attached hydrogen (secondary N) is 1. The normalized spacial score (nSPS) is 33.5. The van der Waals surface area contributed by atoms with Crippen molar-refractivity contribution in [3.8, 4) is 0 Å². The van der Waals surface area contributed by atoms with Crippen LogP contribution in [0.2, 0.25) is 0 Å². The minimum atomic E-state index is 0.647. The van der Waals surface area contributed by atoms with Crippen molar-refractivity contribution in [2.24, 2.45) is 5.92 Å². The van der Waals surface area contributed by atoms with E-state index in [1.165, 1.54) is 71.1 Å². The van der Waals surface area contributed by atoms with Crippen molar-refractivity contribution in [2.75, 3.05) is 32.4 Å². The predicted octanol–water partition coefficient (Wildman–Crippen LogP) is 2.74. The molecule has 1 aliphatic heterocycles. The summed E-state index contributed by atoms with van der Waals surface area (Å²) in [7, 11) is 0. The first-order chi connectivity index (χ1) is 8.81. The van der Waals surface area contributed by atoms with Crippen molar-refractivity contribution >= 4 is 11.8 Å². The van der Waals surface area contributed by atoms with E-state index in [2.05, 4.69) is 28.2 Å². The van der Waals surface area contributed by atoms with Gasteiger partial charge in [0.15, 0.2) is 0 Å². The van der Waals surface area contributed by atoms with Crippen LogP contribution in [0.5, 0.6) is 0 Å². The molecule has 0 amide bonds. The summed E-state index contributed by atoms with van der Waals surface area (Å²) >= 11 is 2.11. The van der Waals surface area contributed by atoms with Gasteiger partial charge in [-0.05, 0) is 37.9 Å². The Morgan fingerprint density at radius 2 is 2.00 bits per heavy atom. The predicted molar refractivity (Wildman–Crippen MR) is 80.3 cm³/mol. The van der Waals surface area contributed by atoms with E-state index in [1.807, 2.05) is 0 Å². The fraction of sp³-hybridized carbons (Fsp3) is 1.00. The number of hydrogen-bond acceptors (Lipinski definition) is 3. The van der Waals surface area contributed by atoms with Gasteiger partial charge in [-0.25, -0.2) is 0 Å². The Morgan fingerprint density at radius 1 is 1.22 bits per heavy atom. The molecule has 1 heterocycles. The van der Waals surface area contributed by atoms with E-state index in [0.29, 0.717) is 4.75 Å². The number of nitrogens with zero attached hydrogens (tertiary/aromatic N) is 1. The van der Waals surface area contributed by atoms with Crippen LogP contribution in [-0.4, -0.2) is 48.1 Å². The molecular formula is C15H28N2S. The van der Waals surface area contributed by atoms with Gasteiger partial charge in [-0.2, -0.15) is 11.8 Å². The van der Waals surface area contributed by atoms with E-state index >= 15 is 0 Å². The van der Waals surface area contributed by atoms with E-state index in [4.69, 9.17) is 0 Å². The van der Waals surface area contributed by atoms with Gasteiger partial charge in [0.25, 0.3) is 0 Å².